The largest absolute Gasteiger partial charge is 0.382 e. The molecule has 0 amide bonds. The Labute approximate surface area is 154 Å². The Bertz CT molecular complexity index is 1120. The molecule has 4 rings (SSSR count). The first-order valence-corrected chi connectivity index (χ1v) is 8.49. The first-order valence-electron chi connectivity index (χ1n) is 8.49. The molecule has 138 valence electrons. The van der Waals surface area contributed by atoms with E-state index in [0.717, 1.165) is 31.0 Å². The van der Waals surface area contributed by atoms with E-state index in [1.807, 2.05) is 0 Å². The molecule has 2 aromatic heterocycles. The maximum atomic E-state index is 14.3. The van der Waals surface area contributed by atoms with Crippen LogP contribution in [0.2, 0.25) is 0 Å². The minimum atomic E-state index is -1.21. The summed E-state index contributed by atoms with van der Waals surface area (Å²) < 4.78 is 29.8. The van der Waals surface area contributed by atoms with Crippen molar-refractivity contribution >= 4 is 17.0 Å². The van der Waals surface area contributed by atoms with Gasteiger partial charge < -0.3 is 15.4 Å². The molecular weight excluding hydrogens is 352 g/mol. The van der Waals surface area contributed by atoms with Crippen LogP contribution in [-0.2, 0) is 0 Å². The number of aliphatic hydroxyl groups is 1. The lowest BCUT2D eigenvalue weighted by atomic mass is 10.1. The Hall–Kier alpha value is -3.05. The Balaban J connectivity index is 1.96. The van der Waals surface area contributed by atoms with Gasteiger partial charge in [0.25, 0.3) is 0 Å². The molecule has 0 bridgehead atoms. The van der Waals surface area contributed by atoms with Gasteiger partial charge in [0.2, 0.25) is 5.82 Å². The number of imidazole rings is 1. The van der Waals surface area contributed by atoms with Gasteiger partial charge in [0.05, 0.1) is 5.56 Å². The highest BCUT2D eigenvalue weighted by molar-refractivity contribution is 5.86. The molecule has 0 saturated heterocycles. The molecule has 3 N–H and O–H groups in total. The zero-order chi connectivity index (χ0) is 19.3. The summed E-state index contributed by atoms with van der Waals surface area (Å²) in [7, 11) is 0. The molecule has 0 atom stereocenters. The van der Waals surface area contributed by atoms with E-state index in [-0.39, 0.29) is 29.1 Å². The van der Waals surface area contributed by atoms with E-state index < -0.39 is 17.2 Å². The van der Waals surface area contributed by atoms with Crippen LogP contribution in [0.25, 0.3) is 22.6 Å². The molecule has 6 nitrogen and oxygen atoms in total. The molecule has 1 saturated carbocycles. The highest BCUT2D eigenvalue weighted by atomic mass is 19.1. The van der Waals surface area contributed by atoms with Crippen LogP contribution < -0.4 is 5.73 Å². The van der Waals surface area contributed by atoms with E-state index in [1.165, 1.54) is 0 Å². The van der Waals surface area contributed by atoms with E-state index in [0.29, 0.717) is 11.2 Å². The molecule has 1 aromatic carbocycles. The van der Waals surface area contributed by atoms with Crippen LogP contribution in [0.15, 0.2) is 18.2 Å². The summed E-state index contributed by atoms with van der Waals surface area (Å²) in [6, 6.07) is 3.31. The van der Waals surface area contributed by atoms with E-state index >= 15 is 0 Å². The van der Waals surface area contributed by atoms with Crippen LogP contribution in [0.5, 0.6) is 0 Å². The lowest BCUT2D eigenvalue weighted by Crippen LogP contribution is -2.14. The van der Waals surface area contributed by atoms with E-state index in [1.54, 1.807) is 18.4 Å². The monoisotopic (exact) mass is 369 g/mol. The molecule has 1 aliphatic rings. The van der Waals surface area contributed by atoms with Crippen molar-refractivity contribution in [3.05, 3.63) is 35.7 Å². The highest BCUT2D eigenvalue weighted by Gasteiger charge is 2.31. The summed E-state index contributed by atoms with van der Waals surface area (Å²) in [4.78, 5) is 12.9. The summed E-state index contributed by atoms with van der Waals surface area (Å²) in [6.45, 7) is 3.09. The third-order valence-corrected chi connectivity index (χ3v) is 4.13. The lowest BCUT2D eigenvalue weighted by molar-refractivity contribution is 0.143. The maximum Gasteiger partial charge on any atom is 0.209 e. The number of rotatable bonds is 2. The van der Waals surface area contributed by atoms with Gasteiger partial charge in [-0.2, -0.15) is 0 Å². The molecule has 0 aliphatic heterocycles. The standard InChI is InChI=1S/C19H17F2N5O/c1-19(2,27)8-7-14-23-16(22)15-18(24-14)26(11-4-5-11)17(25-15)12-9-10(20)3-6-13(12)21/h3,6,9,11,27H,4-5H2,1-2H3,(H2,22,23,24). The van der Waals surface area contributed by atoms with Gasteiger partial charge in [0, 0.05) is 6.04 Å². The first kappa shape index (κ1) is 17.4. The quantitative estimate of drug-likeness (QED) is 0.678. The second-order valence-electron chi connectivity index (χ2n) is 7.07. The number of benzene rings is 1. The molecule has 0 unspecified atom stereocenters. The average molecular weight is 369 g/mol. The minimum Gasteiger partial charge on any atom is -0.382 e. The lowest BCUT2D eigenvalue weighted by Gasteiger charge is -2.08. The number of nitrogens with zero attached hydrogens (tertiary/aromatic N) is 4. The third kappa shape index (κ3) is 3.34. The van der Waals surface area contributed by atoms with Crippen molar-refractivity contribution in [3.63, 3.8) is 0 Å². The fourth-order valence-electron chi connectivity index (χ4n) is 2.80. The van der Waals surface area contributed by atoms with Crippen molar-refractivity contribution in [2.75, 3.05) is 5.73 Å². The molecule has 2 heterocycles. The molecule has 3 aromatic rings. The minimum absolute atomic E-state index is 0.0448. The van der Waals surface area contributed by atoms with Crippen molar-refractivity contribution in [2.45, 2.75) is 38.3 Å². The van der Waals surface area contributed by atoms with Crippen LogP contribution in [0, 0.1) is 23.5 Å². The van der Waals surface area contributed by atoms with Crippen molar-refractivity contribution in [2.24, 2.45) is 0 Å². The Morgan fingerprint density at radius 1 is 1.22 bits per heavy atom. The predicted molar refractivity (Wildman–Crippen MR) is 96.5 cm³/mol. The zero-order valence-electron chi connectivity index (χ0n) is 14.8. The number of hydrogen-bond acceptors (Lipinski definition) is 5. The Morgan fingerprint density at radius 3 is 2.63 bits per heavy atom. The Morgan fingerprint density at radius 2 is 1.96 bits per heavy atom. The zero-order valence-corrected chi connectivity index (χ0v) is 14.8. The van der Waals surface area contributed by atoms with Crippen LogP contribution in [-0.4, -0.2) is 30.2 Å². The molecule has 27 heavy (non-hydrogen) atoms. The number of anilines is 1. The van der Waals surface area contributed by atoms with Gasteiger partial charge in [-0.3, -0.25) is 0 Å². The van der Waals surface area contributed by atoms with Crippen LogP contribution in [0.3, 0.4) is 0 Å². The van der Waals surface area contributed by atoms with Crippen LogP contribution >= 0.6 is 0 Å². The van der Waals surface area contributed by atoms with Crippen LogP contribution in [0.4, 0.5) is 14.6 Å². The highest BCUT2D eigenvalue weighted by Crippen LogP contribution is 2.41. The first-order chi connectivity index (χ1) is 12.7. The molecular formula is C19H17F2N5O. The average Bonchev–Trinajstić information content (AvgIpc) is 3.35. The van der Waals surface area contributed by atoms with Crippen LogP contribution in [0.1, 0.15) is 38.6 Å². The molecule has 8 heteroatoms. The smallest absolute Gasteiger partial charge is 0.209 e. The summed E-state index contributed by atoms with van der Waals surface area (Å²) in [5.41, 5.74) is 5.59. The van der Waals surface area contributed by atoms with Crippen molar-refractivity contribution in [3.8, 4) is 23.2 Å². The van der Waals surface area contributed by atoms with Gasteiger partial charge in [-0.05, 0) is 50.8 Å². The number of nitrogen functional groups attached to an aromatic ring is 1. The number of aromatic nitrogens is 4. The molecule has 1 fully saturated rings. The van der Waals surface area contributed by atoms with E-state index in [4.69, 9.17) is 5.73 Å². The van der Waals surface area contributed by atoms with Gasteiger partial charge in [0.1, 0.15) is 23.1 Å². The molecule has 1 aliphatic carbocycles. The van der Waals surface area contributed by atoms with Gasteiger partial charge >= 0.3 is 0 Å². The van der Waals surface area contributed by atoms with Gasteiger partial charge in [-0.1, -0.05) is 5.92 Å². The fourth-order valence-corrected chi connectivity index (χ4v) is 2.80. The number of nitrogens with two attached hydrogens (primary N) is 1. The Kier molecular flexibility index (Phi) is 3.86. The fraction of sp³-hybridized carbons (Fsp3) is 0.316. The van der Waals surface area contributed by atoms with Gasteiger partial charge in [0.15, 0.2) is 17.0 Å². The summed E-state index contributed by atoms with van der Waals surface area (Å²) in [5, 5.41) is 9.77. The predicted octanol–water partition coefficient (Wildman–Crippen LogP) is 2.81. The van der Waals surface area contributed by atoms with E-state index in [2.05, 4.69) is 26.8 Å². The van der Waals surface area contributed by atoms with E-state index in [9.17, 15) is 13.9 Å². The number of fused-ring (bicyclic) bond motifs is 1. The number of hydrogen-bond donors (Lipinski definition) is 2. The molecule has 0 radical (unpaired) electrons. The van der Waals surface area contributed by atoms with Crippen molar-refractivity contribution < 1.29 is 13.9 Å². The SMILES string of the molecule is CC(C)(O)C#Cc1nc(N)c2nc(-c3cc(F)ccc3F)n(C3CC3)c2n1. The third-order valence-electron chi connectivity index (χ3n) is 4.13. The normalized spacial score (nSPS) is 14.3. The van der Waals surface area contributed by atoms with Gasteiger partial charge in [-0.15, -0.1) is 0 Å². The molecule has 0 spiro atoms. The summed E-state index contributed by atoms with van der Waals surface area (Å²) >= 11 is 0. The summed E-state index contributed by atoms with van der Waals surface area (Å²) in [5.74, 6) is 4.68. The number of halogens is 2. The second kappa shape index (κ2) is 5.99. The maximum absolute atomic E-state index is 14.3. The van der Waals surface area contributed by atoms with Crippen molar-refractivity contribution in [1.29, 1.82) is 0 Å². The second-order valence-corrected chi connectivity index (χ2v) is 7.07. The van der Waals surface area contributed by atoms with Crippen molar-refractivity contribution in [1.82, 2.24) is 19.5 Å². The topological polar surface area (TPSA) is 89.9 Å². The summed E-state index contributed by atoms with van der Waals surface area (Å²) in [6.07, 6.45) is 1.76. The van der Waals surface area contributed by atoms with Gasteiger partial charge in [-0.25, -0.2) is 23.7 Å².